The van der Waals surface area contributed by atoms with Crippen molar-refractivity contribution < 1.29 is 18.7 Å². The summed E-state index contributed by atoms with van der Waals surface area (Å²) in [5, 5.41) is 5.39. The summed E-state index contributed by atoms with van der Waals surface area (Å²) in [6, 6.07) is 11.4. The first-order valence-electron chi connectivity index (χ1n) is 7.22. The second-order valence-electron chi connectivity index (χ2n) is 5.12. The van der Waals surface area contributed by atoms with Gasteiger partial charge in [0.15, 0.2) is 12.4 Å². The number of nitrogens with one attached hydrogen (secondary N) is 2. The van der Waals surface area contributed by atoms with E-state index in [1.165, 1.54) is 6.07 Å². The van der Waals surface area contributed by atoms with Crippen molar-refractivity contribution in [2.75, 3.05) is 18.5 Å². The van der Waals surface area contributed by atoms with E-state index in [4.69, 9.17) is 4.74 Å². The molecular weight excluding hydrogens is 299 g/mol. The maximum Gasteiger partial charge on any atom is 0.262 e. The summed E-state index contributed by atoms with van der Waals surface area (Å²) in [7, 11) is 0. The molecule has 0 aromatic heterocycles. The zero-order chi connectivity index (χ0) is 16.2. The molecule has 0 saturated carbocycles. The second kappa shape index (κ2) is 6.48. The average molecular weight is 314 g/mol. The Balaban J connectivity index is 1.66. The lowest BCUT2D eigenvalue weighted by molar-refractivity contribution is -0.118. The molecule has 0 bridgehead atoms. The van der Waals surface area contributed by atoms with E-state index < -0.39 is 0 Å². The van der Waals surface area contributed by atoms with Crippen LogP contribution in [0, 0.1) is 5.82 Å². The average Bonchev–Trinajstić information content (AvgIpc) is 2.55. The van der Waals surface area contributed by atoms with Gasteiger partial charge in [0, 0.05) is 6.54 Å². The molecule has 0 atom stereocenters. The van der Waals surface area contributed by atoms with Crippen LogP contribution in [0.1, 0.15) is 15.9 Å². The van der Waals surface area contributed by atoms with Crippen molar-refractivity contribution in [2.45, 2.75) is 6.42 Å². The molecule has 2 N–H and O–H groups in total. The third-order valence-electron chi connectivity index (χ3n) is 3.52. The van der Waals surface area contributed by atoms with Gasteiger partial charge in [0.1, 0.15) is 5.82 Å². The lowest BCUT2D eigenvalue weighted by Gasteiger charge is -2.20. The maximum atomic E-state index is 13.5. The number of hydrogen-bond donors (Lipinski definition) is 2. The molecule has 0 unspecified atom stereocenters. The summed E-state index contributed by atoms with van der Waals surface area (Å²) in [5.41, 5.74) is 1.37. The number of anilines is 1. The summed E-state index contributed by atoms with van der Waals surface area (Å²) >= 11 is 0. The van der Waals surface area contributed by atoms with E-state index >= 15 is 0 Å². The highest BCUT2D eigenvalue weighted by molar-refractivity contribution is 6.03. The van der Waals surface area contributed by atoms with Crippen LogP contribution in [0.15, 0.2) is 42.5 Å². The van der Waals surface area contributed by atoms with Gasteiger partial charge in [0.2, 0.25) is 0 Å². The predicted octanol–water partition coefficient (Wildman–Crippen LogP) is 2.13. The molecule has 0 saturated heterocycles. The first kappa shape index (κ1) is 15.0. The Bertz CT molecular complexity index is 761. The van der Waals surface area contributed by atoms with Gasteiger partial charge in [-0.2, -0.15) is 0 Å². The Hall–Kier alpha value is -2.89. The molecular formula is C17H15FN2O3. The Morgan fingerprint density at radius 2 is 2.04 bits per heavy atom. The molecule has 0 radical (unpaired) electrons. The van der Waals surface area contributed by atoms with Gasteiger partial charge in [-0.25, -0.2) is 4.39 Å². The minimum absolute atomic E-state index is 0.119. The molecule has 6 heteroatoms. The van der Waals surface area contributed by atoms with Crippen LogP contribution in [0.2, 0.25) is 0 Å². The lowest BCUT2D eigenvalue weighted by Crippen LogP contribution is -2.30. The van der Waals surface area contributed by atoms with E-state index in [-0.39, 0.29) is 24.2 Å². The summed E-state index contributed by atoms with van der Waals surface area (Å²) in [6.45, 7) is 0.183. The molecule has 23 heavy (non-hydrogen) atoms. The number of rotatable bonds is 4. The highest BCUT2D eigenvalue weighted by Crippen LogP contribution is 2.31. The van der Waals surface area contributed by atoms with Crippen LogP contribution in [0.5, 0.6) is 5.75 Å². The number of carbonyl (C=O) groups excluding carboxylic acids is 2. The van der Waals surface area contributed by atoms with Gasteiger partial charge in [-0.15, -0.1) is 0 Å². The highest BCUT2D eigenvalue weighted by atomic mass is 19.1. The van der Waals surface area contributed by atoms with Gasteiger partial charge in [0.05, 0.1) is 11.3 Å². The van der Waals surface area contributed by atoms with Crippen molar-refractivity contribution in [3.05, 3.63) is 59.4 Å². The second-order valence-corrected chi connectivity index (χ2v) is 5.12. The van der Waals surface area contributed by atoms with Gasteiger partial charge in [0.25, 0.3) is 11.8 Å². The summed E-state index contributed by atoms with van der Waals surface area (Å²) < 4.78 is 18.9. The van der Waals surface area contributed by atoms with Gasteiger partial charge in [-0.05, 0) is 30.2 Å². The highest BCUT2D eigenvalue weighted by Gasteiger charge is 2.22. The molecule has 1 aliphatic heterocycles. The predicted molar refractivity (Wildman–Crippen MR) is 83.0 cm³/mol. The molecule has 0 aliphatic carbocycles. The number of ether oxygens (including phenoxy) is 1. The van der Waals surface area contributed by atoms with E-state index in [1.54, 1.807) is 36.4 Å². The maximum absolute atomic E-state index is 13.5. The molecule has 2 amide bonds. The van der Waals surface area contributed by atoms with Gasteiger partial charge in [-0.1, -0.05) is 24.3 Å². The van der Waals surface area contributed by atoms with E-state index in [0.717, 1.165) is 0 Å². The standard InChI is InChI=1S/C17H15FN2O3/c18-13-6-2-1-4-11(13)8-9-19-17(22)12-5-3-7-14-16(12)23-10-15(21)20-14/h1-7H,8-10H2,(H,19,22)(H,20,21). The molecule has 1 heterocycles. The molecule has 2 aromatic carbocycles. The smallest absolute Gasteiger partial charge is 0.262 e. The van der Waals surface area contributed by atoms with Crippen molar-refractivity contribution in [2.24, 2.45) is 0 Å². The molecule has 3 rings (SSSR count). The van der Waals surface area contributed by atoms with Gasteiger partial charge < -0.3 is 15.4 Å². The van der Waals surface area contributed by atoms with Crippen LogP contribution in [0.25, 0.3) is 0 Å². The number of halogens is 1. The molecule has 0 fully saturated rings. The van der Waals surface area contributed by atoms with Crippen molar-refractivity contribution in [1.82, 2.24) is 5.32 Å². The largest absolute Gasteiger partial charge is 0.481 e. The fourth-order valence-corrected chi connectivity index (χ4v) is 2.40. The van der Waals surface area contributed by atoms with Gasteiger partial charge >= 0.3 is 0 Å². The summed E-state index contributed by atoms with van der Waals surface area (Å²) in [6.07, 6.45) is 0.394. The SMILES string of the molecule is O=C1COc2c(cccc2C(=O)NCCc2ccccc2F)N1. The van der Waals surface area contributed by atoms with Crippen LogP contribution in [-0.2, 0) is 11.2 Å². The fraction of sp³-hybridized carbons (Fsp3) is 0.176. The molecule has 0 spiro atoms. The first-order chi connectivity index (χ1) is 11.1. The van der Waals surface area contributed by atoms with Crippen molar-refractivity contribution in [3.63, 3.8) is 0 Å². The van der Waals surface area contributed by atoms with E-state index in [9.17, 15) is 14.0 Å². The van der Waals surface area contributed by atoms with Gasteiger partial charge in [-0.3, -0.25) is 9.59 Å². The number of para-hydroxylation sites is 1. The van der Waals surface area contributed by atoms with E-state index in [2.05, 4.69) is 10.6 Å². The van der Waals surface area contributed by atoms with Crippen molar-refractivity contribution in [1.29, 1.82) is 0 Å². The van der Waals surface area contributed by atoms with Crippen LogP contribution < -0.4 is 15.4 Å². The number of hydrogen-bond acceptors (Lipinski definition) is 3. The number of fused-ring (bicyclic) bond motifs is 1. The van der Waals surface area contributed by atoms with Crippen LogP contribution in [0.3, 0.4) is 0 Å². The monoisotopic (exact) mass is 314 g/mol. The first-order valence-corrected chi connectivity index (χ1v) is 7.22. The van der Waals surface area contributed by atoms with Crippen LogP contribution >= 0.6 is 0 Å². The summed E-state index contributed by atoms with van der Waals surface area (Å²) in [4.78, 5) is 23.6. The quantitative estimate of drug-likeness (QED) is 0.908. The number of amides is 2. The van der Waals surface area contributed by atoms with Crippen LogP contribution in [-0.4, -0.2) is 25.0 Å². The van der Waals surface area contributed by atoms with E-state index in [1.807, 2.05) is 0 Å². The number of carbonyl (C=O) groups is 2. The molecule has 5 nitrogen and oxygen atoms in total. The zero-order valence-electron chi connectivity index (χ0n) is 12.3. The third-order valence-corrected chi connectivity index (χ3v) is 3.52. The Kier molecular flexibility index (Phi) is 4.23. The normalized spacial score (nSPS) is 12.8. The molecule has 118 valence electrons. The zero-order valence-corrected chi connectivity index (χ0v) is 12.3. The van der Waals surface area contributed by atoms with E-state index in [0.29, 0.717) is 35.5 Å². The van der Waals surface area contributed by atoms with Crippen molar-refractivity contribution >= 4 is 17.5 Å². The Morgan fingerprint density at radius 3 is 2.87 bits per heavy atom. The lowest BCUT2D eigenvalue weighted by atomic mass is 10.1. The third kappa shape index (κ3) is 3.31. The summed E-state index contributed by atoms with van der Waals surface area (Å²) in [5.74, 6) is -0.510. The minimum atomic E-state index is -0.325. The fourth-order valence-electron chi connectivity index (χ4n) is 2.40. The molecule has 1 aliphatic rings. The minimum Gasteiger partial charge on any atom is -0.481 e. The molecule has 2 aromatic rings. The van der Waals surface area contributed by atoms with Crippen LogP contribution in [0.4, 0.5) is 10.1 Å². The Morgan fingerprint density at radius 1 is 1.22 bits per heavy atom. The Labute approximate surface area is 132 Å². The number of benzene rings is 2. The topological polar surface area (TPSA) is 67.4 Å². The van der Waals surface area contributed by atoms with Crippen molar-refractivity contribution in [3.8, 4) is 5.75 Å².